The minimum absolute atomic E-state index is 0.0519. The molecule has 3 aromatic rings. The maximum absolute atomic E-state index is 13.7. The molecule has 4 rings (SSSR count). The van der Waals surface area contributed by atoms with Gasteiger partial charge in [0.05, 0.1) is 40.7 Å². The third-order valence-electron chi connectivity index (χ3n) is 7.53. The van der Waals surface area contributed by atoms with Gasteiger partial charge in [-0.25, -0.2) is 4.79 Å². The number of carbonyl (C=O) groups excluding carboxylic acids is 1. The van der Waals surface area contributed by atoms with Crippen LogP contribution in [0.4, 0.5) is 50.0 Å². The summed E-state index contributed by atoms with van der Waals surface area (Å²) in [6.07, 6.45) is -16.2. The van der Waals surface area contributed by atoms with Crippen molar-refractivity contribution in [2.24, 2.45) is 0 Å². The molecule has 1 aliphatic heterocycles. The van der Waals surface area contributed by atoms with Gasteiger partial charge in [-0.1, -0.05) is 19.9 Å². The lowest BCUT2D eigenvalue weighted by Crippen LogP contribution is -2.39. The average Bonchev–Trinajstić information content (AvgIpc) is 3.11. The number of rotatable bonds is 5. The number of pyridine rings is 1. The summed E-state index contributed by atoms with van der Waals surface area (Å²) >= 11 is 0. The number of halogens is 9. The van der Waals surface area contributed by atoms with E-state index >= 15 is 0 Å². The third kappa shape index (κ3) is 6.23. The molecule has 2 N–H and O–H groups in total. The zero-order chi connectivity index (χ0) is 32.3. The Labute approximate surface area is 240 Å². The molecule has 1 aromatic heterocycles. The second kappa shape index (κ2) is 10.6. The summed E-state index contributed by atoms with van der Waals surface area (Å²) in [5.41, 5.74) is 0.189. The summed E-state index contributed by atoms with van der Waals surface area (Å²) in [6, 6.07) is 5.59. The van der Waals surface area contributed by atoms with Crippen molar-refractivity contribution in [1.29, 1.82) is 0 Å². The maximum atomic E-state index is 13.7. The Morgan fingerprint density at radius 3 is 1.95 bits per heavy atom. The number of nitrogens with zero attached hydrogens (tertiary/aromatic N) is 2. The van der Waals surface area contributed by atoms with Crippen LogP contribution >= 0.6 is 0 Å². The monoisotopic (exact) mass is 619 g/mol. The van der Waals surface area contributed by atoms with Crippen molar-refractivity contribution in [2.45, 2.75) is 70.3 Å². The molecule has 0 radical (unpaired) electrons. The summed E-state index contributed by atoms with van der Waals surface area (Å²) in [4.78, 5) is 18.5. The fourth-order valence-corrected chi connectivity index (χ4v) is 4.86. The van der Waals surface area contributed by atoms with Gasteiger partial charge in [0.2, 0.25) is 0 Å². The Morgan fingerprint density at radius 2 is 1.44 bits per heavy atom. The van der Waals surface area contributed by atoms with Crippen LogP contribution in [0.2, 0.25) is 0 Å². The molecule has 1 unspecified atom stereocenters. The highest BCUT2D eigenvalue weighted by Crippen LogP contribution is 2.45. The molecule has 1 amide bonds. The highest BCUT2D eigenvalue weighted by atomic mass is 19.4. The molecule has 43 heavy (non-hydrogen) atoms. The van der Waals surface area contributed by atoms with Crippen molar-refractivity contribution in [3.63, 3.8) is 0 Å². The Morgan fingerprint density at radius 1 is 0.884 bits per heavy atom. The van der Waals surface area contributed by atoms with E-state index in [-0.39, 0.29) is 34.5 Å². The highest BCUT2D eigenvalue weighted by Gasteiger charge is 2.51. The van der Waals surface area contributed by atoms with Gasteiger partial charge in [0.25, 0.3) is 0 Å². The van der Waals surface area contributed by atoms with Gasteiger partial charge >= 0.3 is 24.6 Å². The van der Waals surface area contributed by atoms with Crippen LogP contribution in [0, 0.1) is 0 Å². The van der Waals surface area contributed by atoms with Gasteiger partial charge < -0.3 is 10.5 Å². The molecule has 14 heteroatoms. The number of amides is 1. The number of anilines is 1. The number of alkyl halides is 9. The maximum Gasteiger partial charge on any atom is 0.416 e. The van der Waals surface area contributed by atoms with E-state index in [2.05, 4.69) is 4.98 Å². The molecule has 0 saturated carbocycles. The number of cyclic esters (lactones) is 1. The molecule has 2 heterocycles. The normalized spacial score (nSPS) is 19.7. The zero-order valence-electron chi connectivity index (χ0n) is 23.2. The minimum atomic E-state index is -5.15. The van der Waals surface area contributed by atoms with Gasteiger partial charge in [-0.3, -0.25) is 9.88 Å². The van der Waals surface area contributed by atoms with E-state index in [1.807, 2.05) is 13.8 Å². The number of carbonyl (C=O) groups is 1. The Balaban J connectivity index is 1.82. The van der Waals surface area contributed by atoms with Crippen LogP contribution in [0.1, 0.15) is 67.1 Å². The quantitative estimate of drug-likeness (QED) is 0.290. The summed E-state index contributed by atoms with van der Waals surface area (Å²) in [7, 11) is 0. The van der Waals surface area contributed by atoms with Crippen LogP contribution in [-0.2, 0) is 35.4 Å². The number of ether oxygens (including phenoxy) is 1. The Kier molecular flexibility index (Phi) is 7.90. The van der Waals surface area contributed by atoms with E-state index in [9.17, 15) is 44.3 Å². The molecule has 0 aliphatic carbocycles. The van der Waals surface area contributed by atoms with E-state index in [0.717, 1.165) is 30.0 Å². The lowest BCUT2D eigenvalue weighted by Gasteiger charge is -2.31. The summed E-state index contributed by atoms with van der Waals surface area (Å²) in [5.74, 6) is -0.0689. The van der Waals surface area contributed by atoms with Crippen molar-refractivity contribution < 1.29 is 49.0 Å². The largest absolute Gasteiger partial charge is 0.436 e. The second-order valence-electron chi connectivity index (χ2n) is 10.8. The second-order valence-corrected chi connectivity index (χ2v) is 10.8. The Bertz CT molecular complexity index is 1520. The standard InChI is InChI=1S/C29H26F9N3O2/c1-14(2)23-8-7-22(39)24(40-23)21-6-5-17(27(30,31)32)9-16(21)13-41-15(3)26(4,43-25(41)42)18-10-19(28(33,34)35)12-20(11-18)29(36,37)38/h5-12,14-15H,13,39H2,1-4H3/t15-,26?/m0/s1. The molecule has 0 bridgehead atoms. The summed E-state index contributed by atoms with van der Waals surface area (Å²) < 4.78 is 128. The number of benzene rings is 2. The molecule has 2 atom stereocenters. The smallest absolute Gasteiger partial charge is 0.416 e. The van der Waals surface area contributed by atoms with Gasteiger partial charge in [0.1, 0.15) is 0 Å². The number of nitrogen functional groups attached to an aromatic ring is 1. The summed E-state index contributed by atoms with van der Waals surface area (Å²) in [6.45, 7) is 5.60. The summed E-state index contributed by atoms with van der Waals surface area (Å²) in [5, 5.41) is 0. The van der Waals surface area contributed by atoms with Crippen molar-refractivity contribution >= 4 is 11.8 Å². The molecule has 2 aromatic carbocycles. The Hall–Kier alpha value is -3.97. The van der Waals surface area contributed by atoms with Gasteiger partial charge in [-0.2, -0.15) is 39.5 Å². The topological polar surface area (TPSA) is 68.5 Å². The highest BCUT2D eigenvalue weighted by molar-refractivity contribution is 5.77. The van der Waals surface area contributed by atoms with E-state index < -0.39 is 65.1 Å². The van der Waals surface area contributed by atoms with E-state index in [4.69, 9.17) is 10.5 Å². The van der Waals surface area contributed by atoms with Gasteiger partial charge in [-0.15, -0.1) is 0 Å². The van der Waals surface area contributed by atoms with Crippen LogP contribution in [-0.4, -0.2) is 22.0 Å². The number of hydrogen-bond donors (Lipinski definition) is 1. The van der Waals surface area contributed by atoms with Crippen LogP contribution in [0.5, 0.6) is 0 Å². The van der Waals surface area contributed by atoms with Gasteiger partial charge in [0.15, 0.2) is 5.60 Å². The van der Waals surface area contributed by atoms with Gasteiger partial charge in [-0.05, 0) is 73.4 Å². The lowest BCUT2D eigenvalue weighted by molar-refractivity contribution is -0.143. The number of aromatic nitrogens is 1. The first-order valence-corrected chi connectivity index (χ1v) is 12.9. The van der Waals surface area contributed by atoms with E-state index in [1.54, 1.807) is 6.07 Å². The molecule has 1 saturated heterocycles. The first-order chi connectivity index (χ1) is 19.6. The van der Waals surface area contributed by atoms with E-state index in [1.165, 1.54) is 13.0 Å². The lowest BCUT2D eigenvalue weighted by atomic mass is 9.86. The fraction of sp³-hybridized carbons (Fsp3) is 0.379. The first-order valence-electron chi connectivity index (χ1n) is 12.9. The van der Waals surface area contributed by atoms with Gasteiger partial charge in [0, 0.05) is 11.3 Å². The minimum Gasteiger partial charge on any atom is -0.436 e. The first kappa shape index (κ1) is 32.0. The molecule has 1 fully saturated rings. The van der Waals surface area contributed by atoms with Crippen molar-refractivity contribution in [1.82, 2.24) is 9.88 Å². The molecule has 5 nitrogen and oxygen atoms in total. The van der Waals surface area contributed by atoms with E-state index in [0.29, 0.717) is 17.8 Å². The average molecular weight is 620 g/mol. The molecule has 1 aliphatic rings. The molecule has 0 spiro atoms. The van der Waals surface area contributed by atoms with Crippen LogP contribution in [0.15, 0.2) is 48.5 Å². The fourth-order valence-electron chi connectivity index (χ4n) is 4.86. The SMILES string of the molecule is CC(C)c1ccc(N)c(-c2ccc(C(F)(F)F)cc2CN2C(=O)OC(C)(c3cc(C(F)(F)F)cc(C(F)(F)F)c3)[C@@H]2C)n1. The predicted octanol–water partition coefficient (Wildman–Crippen LogP) is 8.77. The number of hydrogen-bond acceptors (Lipinski definition) is 4. The van der Waals surface area contributed by atoms with Crippen molar-refractivity contribution in [3.05, 3.63) is 82.0 Å². The van der Waals surface area contributed by atoms with Crippen LogP contribution in [0.25, 0.3) is 11.3 Å². The van der Waals surface area contributed by atoms with Crippen LogP contribution in [0.3, 0.4) is 0 Å². The molecule has 232 valence electrons. The zero-order valence-corrected chi connectivity index (χ0v) is 23.2. The predicted molar refractivity (Wildman–Crippen MR) is 138 cm³/mol. The van der Waals surface area contributed by atoms with Crippen molar-refractivity contribution in [3.8, 4) is 11.3 Å². The number of nitrogens with two attached hydrogens (primary N) is 1. The third-order valence-corrected chi connectivity index (χ3v) is 7.53. The molecular formula is C29H26F9N3O2. The van der Waals surface area contributed by atoms with Crippen molar-refractivity contribution in [2.75, 3.05) is 5.73 Å². The van der Waals surface area contributed by atoms with Crippen LogP contribution < -0.4 is 5.73 Å². The molecular weight excluding hydrogens is 593 g/mol.